The van der Waals surface area contributed by atoms with Crippen LogP contribution in [-0.2, 0) is 0 Å². The van der Waals surface area contributed by atoms with E-state index < -0.39 is 0 Å². The molecule has 0 radical (unpaired) electrons. The largest absolute Gasteiger partial charge is 0.265 e. The van der Waals surface area contributed by atoms with Gasteiger partial charge in [0.05, 0.1) is 11.2 Å². The Morgan fingerprint density at radius 1 is 0.269 bits per heavy atom. The van der Waals surface area contributed by atoms with E-state index in [4.69, 9.17) is 9.97 Å². The van der Waals surface area contributed by atoms with Gasteiger partial charge >= 0.3 is 0 Å². The maximum absolute atomic E-state index is 5.20. The van der Waals surface area contributed by atoms with E-state index in [1.807, 2.05) is 36.7 Å². The molecule has 7 aromatic carbocycles. The van der Waals surface area contributed by atoms with Gasteiger partial charge in [0.25, 0.3) is 0 Å². The topological polar surface area (TPSA) is 38.7 Å². The van der Waals surface area contributed by atoms with Gasteiger partial charge in [-0.25, -0.2) is 9.97 Å². The zero-order chi connectivity index (χ0) is 34.7. The highest BCUT2D eigenvalue weighted by atomic mass is 14.9. The molecule has 0 N–H and O–H groups in total. The number of rotatable bonds is 7. The van der Waals surface area contributed by atoms with Crippen molar-refractivity contribution in [2.24, 2.45) is 0 Å². The van der Waals surface area contributed by atoms with Gasteiger partial charge in [-0.2, -0.15) is 0 Å². The van der Waals surface area contributed by atoms with Gasteiger partial charge < -0.3 is 0 Å². The Morgan fingerprint density at radius 2 is 0.692 bits per heavy atom. The van der Waals surface area contributed by atoms with Crippen LogP contribution in [0.5, 0.6) is 0 Å². The normalized spacial score (nSPS) is 11.1. The van der Waals surface area contributed by atoms with Crippen molar-refractivity contribution in [3.8, 4) is 78.3 Å². The van der Waals surface area contributed by atoms with Gasteiger partial charge in [-0.3, -0.25) is 4.98 Å². The second-order valence-corrected chi connectivity index (χ2v) is 12.9. The molecule has 0 aliphatic rings. The summed E-state index contributed by atoms with van der Waals surface area (Å²) >= 11 is 0. The molecule has 52 heavy (non-hydrogen) atoms. The van der Waals surface area contributed by atoms with Crippen molar-refractivity contribution < 1.29 is 0 Å². The summed E-state index contributed by atoms with van der Waals surface area (Å²) in [5.74, 6) is 0.702. The number of para-hydroxylation sites is 1. The maximum atomic E-state index is 5.20. The molecule has 0 atom stereocenters. The predicted octanol–water partition coefficient (Wildman–Crippen LogP) is 12.7. The van der Waals surface area contributed by atoms with Crippen molar-refractivity contribution in [2.45, 2.75) is 0 Å². The molecule has 0 saturated carbocycles. The highest BCUT2D eigenvalue weighted by molar-refractivity contribution is 5.94. The minimum Gasteiger partial charge on any atom is -0.265 e. The van der Waals surface area contributed by atoms with Crippen LogP contribution in [0.2, 0.25) is 0 Å². The van der Waals surface area contributed by atoms with E-state index in [0.717, 1.165) is 55.5 Å². The van der Waals surface area contributed by atoms with E-state index in [-0.39, 0.29) is 0 Å². The smallest absolute Gasteiger partial charge is 0.160 e. The zero-order valence-corrected chi connectivity index (χ0v) is 28.4. The lowest BCUT2D eigenvalue weighted by Crippen LogP contribution is -1.95. The number of aromatic nitrogens is 3. The maximum Gasteiger partial charge on any atom is 0.160 e. The fourth-order valence-corrected chi connectivity index (χ4v) is 6.90. The SMILES string of the molecule is c1ccc(-c2cc(-c3ccccc3)cc(-c3cccc(-c4cccc(-c5nc(-c6ccc(-c7ccncc7)cc6)c6ccccc6n5)c4)c3)c2)cc1. The molecule has 2 heterocycles. The number of pyridine rings is 1. The molecule has 3 heteroatoms. The quantitative estimate of drug-likeness (QED) is 0.170. The third-order valence-electron chi connectivity index (χ3n) is 9.57. The average molecular weight is 664 g/mol. The summed E-state index contributed by atoms with van der Waals surface area (Å²) in [6.07, 6.45) is 3.64. The van der Waals surface area contributed by atoms with Gasteiger partial charge in [-0.15, -0.1) is 0 Å². The van der Waals surface area contributed by atoms with Crippen LogP contribution in [0.1, 0.15) is 0 Å². The van der Waals surface area contributed by atoms with Gasteiger partial charge in [0.2, 0.25) is 0 Å². The molecule has 0 aliphatic heterocycles. The van der Waals surface area contributed by atoms with Crippen LogP contribution in [0.25, 0.3) is 89.2 Å². The lowest BCUT2D eigenvalue weighted by molar-refractivity contribution is 1.23. The average Bonchev–Trinajstić information content (AvgIpc) is 3.24. The molecule has 9 rings (SSSR count). The lowest BCUT2D eigenvalue weighted by Gasteiger charge is -2.13. The van der Waals surface area contributed by atoms with Crippen molar-refractivity contribution in [1.29, 1.82) is 0 Å². The summed E-state index contributed by atoms with van der Waals surface area (Å²) < 4.78 is 0. The third-order valence-corrected chi connectivity index (χ3v) is 9.57. The van der Waals surface area contributed by atoms with Gasteiger partial charge in [-0.05, 0) is 104 Å². The Kier molecular flexibility index (Phi) is 8.20. The van der Waals surface area contributed by atoms with Crippen LogP contribution in [-0.4, -0.2) is 15.0 Å². The van der Waals surface area contributed by atoms with E-state index in [0.29, 0.717) is 5.82 Å². The Bertz CT molecular complexity index is 2590. The van der Waals surface area contributed by atoms with E-state index in [1.54, 1.807) is 0 Å². The molecule has 0 amide bonds. The standard InChI is InChI=1S/C49H33N3/c1-3-11-34(12-4-1)43-31-44(35-13-5-2-6-14-35)33-45(32-43)41-17-9-15-39(29-41)40-16-10-18-42(30-40)49-51-47-20-8-7-19-46(47)48(52-49)38-23-21-36(22-24-38)37-25-27-50-28-26-37/h1-33H. The molecule has 0 fully saturated rings. The number of benzene rings is 7. The van der Waals surface area contributed by atoms with E-state index in [1.165, 1.54) is 27.8 Å². The monoisotopic (exact) mass is 663 g/mol. The molecule has 9 aromatic rings. The molecular formula is C49H33N3. The second kappa shape index (κ2) is 13.7. The van der Waals surface area contributed by atoms with Crippen LogP contribution in [0.15, 0.2) is 200 Å². The second-order valence-electron chi connectivity index (χ2n) is 12.9. The van der Waals surface area contributed by atoms with Crippen molar-refractivity contribution in [3.63, 3.8) is 0 Å². The number of nitrogens with zero attached hydrogens (tertiary/aromatic N) is 3. The predicted molar refractivity (Wildman–Crippen MR) is 215 cm³/mol. The van der Waals surface area contributed by atoms with Crippen LogP contribution in [0, 0.1) is 0 Å². The van der Waals surface area contributed by atoms with Crippen molar-refractivity contribution in [2.75, 3.05) is 0 Å². The number of fused-ring (bicyclic) bond motifs is 1. The summed E-state index contributed by atoms with van der Waals surface area (Å²) in [6, 6.07) is 66.4. The van der Waals surface area contributed by atoms with Crippen molar-refractivity contribution in [3.05, 3.63) is 200 Å². The Labute approximate surface area is 303 Å². The first kappa shape index (κ1) is 31.0. The lowest BCUT2D eigenvalue weighted by atomic mass is 9.92. The molecule has 0 aliphatic carbocycles. The molecule has 0 bridgehead atoms. The van der Waals surface area contributed by atoms with E-state index >= 15 is 0 Å². The molecular weight excluding hydrogens is 631 g/mol. The zero-order valence-electron chi connectivity index (χ0n) is 28.4. The first-order valence-corrected chi connectivity index (χ1v) is 17.5. The number of hydrogen-bond donors (Lipinski definition) is 0. The van der Waals surface area contributed by atoms with Crippen LogP contribution < -0.4 is 0 Å². The molecule has 2 aromatic heterocycles. The fraction of sp³-hybridized carbons (Fsp3) is 0. The molecule has 244 valence electrons. The van der Waals surface area contributed by atoms with E-state index in [2.05, 4.69) is 169 Å². The van der Waals surface area contributed by atoms with Gasteiger partial charge in [0.15, 0.2) is 5.82 Å². The molecule has 0 saturated heterocycles. The third kappa shape index (κ3) is 6.28. The fourth-order valence-electron chi connectivity index (χ4n) is 6.90. The first-order chi connectivity index (χ1) is 25.7. The minimum absolute atomic E-state index is 0.702. The highest BCUT2D eigenvalue weighted by Crippen LogP contribution is 2.36. The highest BCUT2D eigenvalue weighted by Gasteiger charge is 2.14. The summed E-state index contributed by atoms with van der Waals surface area (Å²) in [5, 5.41) is 1.03. The van der Waals surface area contributed by atoms with Crippen LogP contribution in [0.3, 0.4) is 0 Å². The molecule has 0 spiro atoms. The Balaban J connectivity index is 1.10. The summed E-state index contributed by atoms with van der Waals surface area (Å²) in [7, 11) is 0. The summed E-state index contributed by atoms with van der Waals surface area (Å²) in [6.45, 7) is 0. The van der Waals surface area contributed by atoms with Gasteiger partial charge in [0.1, 0.15) is 0 Å². The Morgan fingerprint density at radius 3 is 1.33 bits per heavy atom. The van der Waals surface area contributed by atoms with Crippen LogP contribution >= 0.6 is 0 Å². The van der Waals surface area contributed by atoms with Gasteiger partial charge in [0, 0.05) is 28.9 Å². The van der Waals surface area contributed by atoms with Crippen molar-refractivity contribution in [1.82, 2.24) is 15.0 Å². The summed E-state index contributed by atoms with van der Waals surface area (Å²) in [5.41, 5.74) is 15.5. The van der Waals surface area contributed by atoms with Gasteiger partial charge in [-0.1, -0.05) is 140 Å². The van der Waals surface area contributed by atoms with E-state index in [9.17, 15) is 0 Å². The van der Waals surface area contributed by atoms with Crippen molar-refractivity contribution >= 4 is 10.9 Å². The minimum atomic E-state index is 0.702. The molecule has 0 unspecified atom stereocenters. The number of hydrogen-bond acceptors (Lipinski definition) is 3. The summed E-state index contributed by atoms with van der Waals surface area (Å²) in [4.78, 5) is 14.4. The van der Waals surface area contributed by atoms with Crippen LogP contribution in [0.4, 0.5) is 0 Å². The Hall–Kier alpha value is -6.97. The molecule has 3 nitrogen and oxygen atoms in total. The first-order valence-electron chi connectivity index (χ1n) is 17.5.